The molecule has 2 fully saturated rings. The van der Waals surface area contributed by atoms with Crippen LogP contribution in [0.1, 0.15) is 19.3 Å². The number of nitrogens with one attached hydrogen (secondary N) is 1. The molecule has 6 nitrogen and oxygen atoms in total. The number of likely N-dealkylation sites (tertiary alicyclic amines) is 1. The first kappa shape index (κ1) is 19.4. The number of hydrogen-bond acceptors (Lipinski definition) is 5. The number of carbonyl (C=O) groups is 1. The van der Waals surface area contributed by atoms with Crippen LogP contribution in [0.25, 0.3) is 0 Å². The molecule has 1 amide bonds. The Kier molecular flexibility index (Phi) is 6.04. The average Bonchev–Trinajstić information content (AvgIpc) is 3.17. The molecule has 2 saturated heterocycles. The van der Waals surface area contributed by atoms with Gasteiger partial charge in [0.25, 0.3) is 0 Å². The van der Waals surface area contributed by atoms with E-state index in [0.29, 0.717) is 5.75 Å². The smallest absolute Gasteiger partial charge is 0.223 e. The molecule has 0 aliphatic carbocycles. The molecule has 1 N–H and O–H groups in total. The number of carbonyl (C=O) groups excluding carboxylic acids is 1. The molecule has 1 aromatic rings. The monoisotopic (exact) mass is 404 g/mol. The maximum Gasteiger partial charge on any atom is 0.223 e. The molecule has 2 heterocycles. The van der Waals surface area contributed by atoms with Gasteiger partial charge in [-0.2, -0.15) is 0 Å². The summed E-state index contributed by atoms with van der Waals surface area (Å²) < 4.78 is 42.4. The number of rotatable bonds is 6. The Bertz CT molecular complexity index is 768. The summed E-state index contributed by atoms with van der Waals surface area (Å²) in [6.07, 6.45) is 2.18. The highest BCUT2D eigenvalue weighted by atomic mass is 35.5. The fourth-order valence-corrected chi connectivity index (χ4v) is 5.70. The molecule has 0 saturated carbocycles. The van der Waals surface area contributed by atoms with Crippen LogP contribution in [0, 0.1) is 5.82 Å². The summed E-state index contributed by atoms with van der Waals surface area (Å²) in [5.74, 6) is -0.353. The van der Waals surface area contributed by atoms with Gasteiger partial charge in [-0.05, 0) is 44.1 Å². The third-order valence-electron chi connectivity index (χ3n) is 4.76. The number of benzene rings is 1. The molecule has 0 spiro atoms. The topological polar surface area (TPSA) is 75.7 Å². The van der Waals surface area contributed by atoms with Gasteiger partial charge in [-0.3, -0.25) is 9.69 Å². The third kappa shape index (κ3) is 4.86. The molecular formula is C17H22ClFN2O4S. The molecule has 9 heteroatoms. The zero-order valence-corrected chi connectivity index (χ0v) is 15.9. The summed E-state index contributed by atoms with van der Waals surface area (Å²) in [6, 6.07) is 3.23. The van der Waals surface area contributed by atoms with Crippen LogP contribution in [-0.4, -0.2) is 62.5 Å². The molecule has 144 valence electrons. The molecule has 0 bridgehead atoms. The van der Waals surface area contributed by atoms with Crippen LogP contribution in [0.15, 0.2) is 18.2 Å². The zero-order chi connectivity index (χ0) is 18.7. The first-order valence-electron chi connectivity index (χ1n) is 8.66. The van der Waals surface area contributed by atoms with Crippen LogP contribution in [0.2, 0.25) is 5.02 Å². The van der Waals surface area contributed by atoms with Crippen LogP contribution in [0.3, 0.4) is 0 Å². The quantitative estimate of drug-likeness (QED) is 0.779. The highest BCUT2D eigenvalue weighted by Gasteiger charge is 2.42. The summed E-state index contributed by atoms with van der Waals surface area (Å²) >= 11 is 5.87. The molecule has 26 heavy (non-hydrogen) atoms. The van der Waals surface area contributed by atoms with E-state index >= 15 is 0 Å². The highest BCUT2D eigenvalue weighted by molar-refractivity contribution is 7.91. The minimum absolute atomic E-state index is 0.0233. The van der Waals surface area contributed by atoms with E-state index < -0.39 is 15.7 Å². The molecule has 2 unspecified atom stereocenters. The number of hydrogen-bond donors (Lipinski definition) is 1. The van der Waals surface area contributed by atoms with E-state index in [1.165, 1.54) is 12.1 Å². The lowest BCUT2D eigenvalue weighted by Gasteiger charge is -2.28. The van der Waals surface area contributed by atoms with E-state index in [-0.39, 0.29) is 47.5 Å². The maximum atomic E-state index is 13.0. The van der Waals surface area contributed by atoms with E-state index in [0.717, 1.165) is 32.0 Å². The van der Waals surface area contributed by atoms with E-state index in [9.17, 15) is 17.6 Å². The summed E-state index contributed by atoms with van der Waals surface area (Å²) in [6.45, 7) is 1.82. The van der Waals surface area contributed by atoms with E-state index in [2.05, 4.69) is 10.2 Å². The number of halogens is 2. The predicted octanol–water partition coefficient (Wildman–Crippen LogP) is 1.63. The molecule has 3 rings (SSSR count). The lowest BCUT2D eigenvalue weighted by atomic mass is 10.1. The van der Waals surface area contributed by atoms with Crippen molar-refractivity contribution in [3.63, 3.8) is 0 Å². The van der Waals surface area contributed by atoms with E-state index in [1.54, 1.807) is 0 Å². The first-order chi connectivity index (χ1) is 12.3. The summed E-state index contributed by atoms with van der Waals surface area (Å²) in [5.41, 5.74) is 0. The first-order valence-corrected chi connectivity index (χ1v) is 10.9. The van der Waals surface area contributed by atoms with Crippen LogP contribution >= 0.6 is 11.6 Å². The van der Waals surface area contributed by atoms with Crippen molar-refractivity contribution >= 4 is 27.3 Å². The Morgan fingerprint density at radius 1 is 1.31 bits per heavy atom. The Morgan fingerprint density at radius 2 is 2.04 bits per heavy atom. The Labute approximate surface area is 157 Å². The largest absolute Gasteiger partial charge is 0.491 e. The molecular weight excluding hydrogens is 383 g/mol. The standard InChI is InChI=1S/C17H22ClFN2O4S/c18-13-9-12(19)3-4-16(13)25-8-5-17(22)20-14-10-26(23,24)11-15(14)21-6-1-2-7-21/h3-4,9,14-15H,1-2,5-8,10-11H2,(H,20,22). The lowest BCUT2D eigenvalue weighted by molar-refractivity contribution is -0.122. The van der Waals surface area contributed by atoms with Crippen molar-refractivity contribution < 1.29 is 22.3 Å². The number of sulfone groups is 1. The molecule has 2 aliphatic heterocycles. The lowest BCUT2D eigenvalue weighted by Crippen LogP contribution is -2.50. The van der Waals surface area contributed by atoms with Crippen LogP contribution in [0.5, 0.6) is 5.75 Å². The van der Waals surface area contributed by atoms with Gasteiger partial charge in [-0.1, -0.05) is 11.6 Å². The molecule has 0 radical (unpaired) electrons. The average molecular weight is 405 g/mol. The summed E-state index contributed by atoms with van der Waals surface area (Å²) in [7, 11) is -3.14. The van der Waals surface area contributed by atoms with Gasteiger partial charge in [0.05, 0.1) is 35.6 Å². The number of amides is 1. The van der Waals surface area contributed by atoms with Crippen LogP contribution < -0.4 is 10.1 Å². The van der Waals surface area contributed by atoms with Gasteiger partial charge in [0.1, 0.15) is 11.6 Å². The van der Waals surface area contributed by atoms with Crippen molar-refractivity contribution in [3.05, 3.63) is 29.0 Å². The van der Waals surface area contributed by atoms with Crippen LogP contribution in [0.4, 0.5) is 4.39 Å². The van der Waals surface area contributed by atoms with Gasteiger partial charge >= 0.3 is 0 Å². The van der Waals surface area contributed by atoms with Crippen molar-refractivity contribution in [1.29, 1.82) is 0 Å². The normalized spacial score (nSPS) is 25.3. The van der Waals surface area contributed by atoms with Crippen molar-refractivity contribution in [1.82, 2.24) is 10.2 Å². The maximum absolute atomic E-state index is 13.0. The van der Waals surface area contributed by atoms with E-state index in [1.807, 2.05) is 0 Å². The minimum atomic E-state index is -3.14. The SMILES string of the molecule is O=C(CCOc1ccc(F)cc1Cl)NC1CS(=O)(=O)CC1N1CCCC1. The second kappa shape index (κ2) is 8.10. The third-order valence-corrected chi connectivity index (χ3v) is 6.77. The van der Waals surface area contributed by atoms with Gasteiger partial charge in [0.2, 0.25) is 5.91 Å². The number of ether oxygens (including phenoxy) is 1. The van der Waals surface area contributed by atoms with Gasteiger partial charge in [-0.25, -0.2) is 12.8 Å². The zero-order valence-electron chi connectivity index (χ0n) is 14.3. The van der Waals surface area contributed by atoms with Gasteiger partial charge in [-0.15, -0.1) is 0 Å². The molecule has 1 aromatic carbocycles. The van der Waals surface area contributed by atoms with Crippen molar-refractivity contribution in [2.75, 3.05) is 31.2 Å². The minimum Gasteiger partial charge on any atom is -0.491 e. The molecule has 2 atom stereocenters. The van der Waals surface area contributed by atoms with E-state index in [4.69, 9.17) is 16.3 Å². The predicted molar refractivity (Wildman–Crippen MR) is 96.7 cm³/mol. The summed E-state index contributed by atoms with van der Waals surface area (Å²) in [5, 5.41) is 2.98. The second-order valence-electron chi connectivity index (χ2n) is 6.73. The Morgan fingerprint density at radius 3 is 2.73 bits per heavy atom. The Hall–Kier alpha value is -1.38. The number of nitrogens with zero attached hydrogens (tertiary/aromatic N) is 1. The van der Waals surface area contributed by atoms with Crippen LogP contribution in [-0.2, 0) is 14.6 Å². The fourth-order valence-electron chi connectivity index (χ4n) is 3.52. The van der Waals surface area contributed by atoms with Gasteiger partial charge in [0, 0.05) is 6.04 Å². The second-order valence-corrected chi connectivity index (χ2v) is 9.30. The van der Waals surface area contributed by atoms with Crippen molar-refractivity contribution in [3.8, 4) is 5.75 Å². The molecule has 0 aromatic heterocycles. The summed E-state index contributed by atoms with van der Waals surface area (Å²) in [4.78, 5) is 14.4. The van der Waals surface area contributed by atoms with Gasteiger partial charge in [0.15, 0.2) is 9.84 Å². The fraction of sp³-hybridized carbons (Fsp3) is 0.588. The molecule has 2 aliphatic rings. The Balaban J connectivity index is 1.51. The van der Waals surface area contributed by atoms with Crippen molar-refractivity contribution in [2.24, 2.45) is 0 Å². The van der Waals surface area contributed by atoms with Gasteiger partial charge < -0.3 is 10.1 Å². The van der Waals surface area contributed by atoms with Crippen molar-refractivity contribution in [2.45, 2.75) is 31.3 Å². The highest BCUT2D eigenvalue weighted by Crippen LogP contribution is 2.25.